The molecule has 18 nitrogen and oxygen atoms in total. The van der Waals surface area contributed by atoms with E-state index >= 15 is 0 Å². The van der Waals surface area contributed by atoms with E-state index in [0.717, 1.165) is 67.7 Å². The number of carbonyl (C=O) groups excluding carboxylic acids is 3. The molecule has 19 heteroatoms. The second kappa shape index (κ2) is 18.3. The van der Waals surface area contributed by atoms with Gasteiger partial charge >= 0.3 is 5.97 Å². The number of ether oxygens (including phenoxy) is 1. The van der Waals surface area contributed by atoms with Crippen LogP contribution in [-0.4, -0.2) is 119 Å². The van der Waals surface area contributed by atoms with Crippen LogP contribution >= 0.6 is 11.6 Å². The molecule has 1 aliphatic carbocycles. The molecule has 364 valence electrons. The smallest absolute Gasteiger partial charge is 0.326 e. The number of likely N-dealkylation sites (tertiary alicyclic amines) is 1. The number of rotatable bonds is 12. The standard InChI is InChI=1S/C51H56ClN11O7/c1-50(2)48(51(3,4)49(50)70-36-11-9-33(25-53)38(52)24-36)56-44(65)31-7-5-29(6-8-31)34-26-54-61(27-34)35-17-19-59(20-18-35)28-41-30-15-21-60(22-16-30)63(41)43(47(68)69)32-10-12-39-37(23-32)46(67)62(58-57-39)40-13-14-42(64)55-45(40)66/h5-12,23-24,26-27,30,35,40-41,43,48-49H,13-22,28H2,1-4H3,(H,56,65)(H,68,69)(H,55,64,66)/t40-,41+,43-,48?,49?/m1/s1. The number of imide groups is 1. The van der Waals surface area contributed by atoms with Crippen molar-refractivity contribution in [3.63, 3.8) is 0 Å². The summed E-state index contributed by atoms with van der Waals surface area (Å²) in [4.78, 5) is 67.6. The van der Waals surface area contributed by atoms with Gasteiger partial charge in [0.25, 0.3) is 17.4 Å². The van der Waals surface area contributed by atoms with E-state index in [-0.39, 0.29) is 53.9 Å². The summed E-state index contributed by atoms with van der Waals surface area (Å²) >= 11 is 6.27. The van der Waals surface area contributed by atoms with Crippen molar-refractivity contribution in [2.45, 2.75) is 103 Å². The zero-order chi connectivity index (χ0) is 49.2. The second-order valence-corrected chi connectivity index (χ2v) is 21.1. The number of aromatic nitrogens is 5. The molecular formula is C51H56ClN11O7. The first-order valence-electron chi connectivity index (χ1n) is 24.0. The summed E-state index contributed by atoms with van der Waals surface area (Å²) in [5.41, 5.74) is 2.23. The molecule has 5 aromatic rings. The molecule has 3 atom stereocenters. The first kappa shape index (κ1) is 47.2. The minimum atomic E-state index is -1.06. The van der Waals surface area contributed by atoms with Crippen molar-refractivity contribution in [1.82, 2.24) is 50.3 Å². The Morgan fingerprint density at radius 2 is 1.67 bits per heavy atom. The van der Waals surface area contributed by atoms with E-state index in [1.165, 1.54) is 0 Å². The molecule has 2 aromatic heterocycles. The van der Waals surface area contributed by atoms with E-state index in [9.17, 15) is 34.3 Å². The van der Waals surface area contributed by atoms with Crippen molar-refractivity contribution >= 4 is 46.2 Å². The van der Waals surface area contributed by atoms with Gasteiger partial charge in [0, 0.05) is 85.4 Å². The first-order chi connectivity index (χ1) is 33.5. The number of hydrogen-bond donors (Lipinski definition) is 3. The number of carboxylic acid groups (broad SMARTS) is 1. The number of benzene rings is 3. The number of hydrogen-bond acceptors (Lipinski definition) is 13. The number of nitrogens with one attached hydrogen (secondary N) is 2. The van der Waals surface area contributed by atoms with Crippen LogP contribution in [-0.2, 0) is 14.4 Å². The van der Waals surface area contributed by atoms with Gasteiger partial charge < -0.3 is 20.1 Å². The number of amides is 3. The molecule has 6 aliphatic rings. The molecule has 5 saturated heterocycles. The molecule has 6 fully saturated rings. The number of hydrazine groups is 1. The predicted octanol–water partition coefficient (Wildman–Crippen LogP) is 5.54. The monoisotopic (exact) mass is 969 g/mol. The van der Waals surface area contributed by atoms with Crippen LogP contribution in [0.15, 0.2) is 77.9 Å². The Labute approximate surface area is 409 Å². The van der Waals surface area contributed by atoms with Gasteiger partial charge in [0.15, 0.2) is 0 Å². The number of nitrogens with zero attached hydrogens (tertiary/aromatic N) is 9. The molecule has 70 heavy (non-hydrogen) atoms. The summed E-state index contributed by atoms with van der Waals surface area (Å²) in [7, 11) is 0. The maximum Gasteiger partial charge on any atom is 0.326 e. The highest BCUT2D eigenvalue weighted by atomic mass is 35.5. The summed E-state index contributed by atoms with van der Waals surface area (Å²) in [6, 6.07) is 17.5. The number of halogens is 1. The molecular weight excluding hydrogens is 914 g/mol. The highest BCUT2D eigenvalue weighted by Gasteiger charge is 2.64. The fourth-order valence-corrected chi connectivity index (χ4v) is 12.4. The van der Waals surface area contributed by atoms with E-state index in [4.69, 9.17) is 21.4 Å². The maximum atomic E-state index is 13.8. The number of nitriles is 1. The van der Waals surface area contributed by atoms with Crippen LogP contribution in [0.25, 0.3) is 22.0 Å². The molecule has 1 saturated carbocycles. The minimum Gasteiger partial charge on any atom is -0.489 e. The summed E-state index contributed by atoms with van der Waals surface area (Å²) in [6.45, 7) is 12.1. The van der Waals surface area contributed by atoms with Gasteiger partial charge in [0.05, 0.1) is 28.2 Å². The second-order valence-electron chi connectivity index (χ2n) is 20.7. The van der Waals surface area contributed by atoms with Crippen molar-refractivity contribution in [3.05, 3.63) is 105 Å². The normalized spacial score (nSPS) is 25.9. The Kier molecular flexibility index (Phi) is 12.4. The van der Waals surface area contributed by atoms with Crippen LogP contribution in [0, 0.1) is 28.1 Å². The molecule has 3 aromatic carbocycles. The van der Waals surface area contributed by atoms with Crippen molar-refractivity contribution in [1.29, 1.82) is 5.26 Å². The summed E-state index contributed by atoms with van der Waals surface area (Å²) in [6.07, 6.45) is 7.59. The molecule has 0 radical (unpaired) electrons. The third kappa shape index (κ3) is 8.52. The number of piperidine rings is 3. The summed E-state index contributed by atoms with van der Waals surface area (Å²) < 4.78 is 9.43. The van der Waals surface area contributed by atoms with Crippen LogP contribution in [0.4, 0.5) is 0 Å². The Hall–Kier alpha value is -6.52. The van der Waals surface area contributed by atoms with Crippen molar-refractivity contribution in [2.75, 3.05) is 32.7 Å². The van der Waals surface area contributed by atoms with Crippen LogP contribution < -0.4 is 20.9 Å². The average Bonchev–Trinajstić information content (AvgIpc) is 3.85. The number of aliphatic carboxylic acids is 1. The van der Waals surface area contributed by atoms with Gasteiger partial charge in [-0.1, -0.05) is 62.7 Å². The lowest BCUT2D eigenvalue weighted by Gasteiger charge is -2.63. The average molecular weight is 971 g/mol. The van der Waals surface area contributed by atoms with Crippen LogP contribution in [0.3, 0.4) is 0 Å². The van der Waals surface area contributed by atoms with Gasteiger partial charge in [-0.25, -0.2) is 10.0 Å². The third-order valence-corrected chi connectivity index (χ3v) is 16.0. The van der Waals surface area contributed by atoms with E-state index in [2.05, 4.69) is 70.8 Å². The van der Waals surface area contributed by atoms with Gasteiger partial charge in [-0.2, -0.15) is 15.0 Å². The Morgan fingerprint density at radius 1 is 0.943 bits per heavy atom. The zero-order valence-corrected chi connectivity index (χ0v) is 40.3. The number of carboxylic acids is 1. The number of carbonyl (C=O) groups is 4. The van der Waals surface area contributed by atoms with E-state index in [1.54, 1.807) is 36.4 Å². The lowest BCUT2D eigenvalue weighted by atomic mass is 9.49. The first-order valence-corrected chi connectivity index (χ1v) is 24.4. The third-order valence-electron chi connectivity index (χ3n) is 15.6. The van der Waals surface area contributed by atoms with Crippen molar-refractivity contribution < 1.29 is 29.0 Å². The van der Waals surface area contributed by atoms with Crippen LogP contribution in [0.5, 0.6) is 5.75 Å². The fourth-order valence-electron chi connectivity index (χ4n) is 12.2. The Bertz CT molecular complexity index is 2970. The minimum absolute atomic E-state index is 0.0642. The van der Waals surface area contributed by atoms with Gasteiger partial charge in [-0.15, -0.1) is 5.10 Å². The topological polar surface area (TPSA) is 221 Å². The molecule has 5 aliphatic heterocycles. The van der Waals surface area contributed by atoms with E-state index < -0.39 is 46.3 Å². The van der Waals surface area contributed by atoms with Gasteiger partial charge in [-0.3, -0.25) is 34.0 Å². The summed E-state index contributed by atoms with van der Waals surface area (Å²) in [5.74, 6) is -1.34. The van der Waals surface area contributed by atoms with Gasteiger partial charge in [0.2, 0.25) is 5.91 Å². The Balaban J connectivity index is 0.771. The SMILES string of the molecule is CC1(C)C(NC(=O)c2ccc(-c3cnn(C4CCN(C[C@H]5C6CCN(CC6)N5[C@@H](C(=O)O)c5ccc6nnn([C@@H]7CCC(=O)NC7=O)c(=O)c6c5)CC4)c3)cc2)C(C)(C)C1Oc1ccc(C#N)c(Cl)c1. The van der Waals surface area contributed by atoms with E-state index in [0.29, 0.717) is 39.9 Å². The molecule has 3 N–H and O–H groups in total. The van der Waals surface area contributed by atoms with Crippen molar-refractivity contribution in [2.24, 2.45) is 16.7 Å². The van der Waals surface area contributed by atoms with E-state index in [1.807, 2.05) is 40.2 Å². The van der Waals surface area contributed by atoms with Gasteiger partial charge in [0.1, 0.15) is 35.5 Å². The molecule has 0 unspecified atom stereocenters. The molecule has 2 bridgehead atoms. The van der Waals surface area contributed by atoms with Gasteiger partial charge in [-0.05, 0) is 85.5 Å². The molecule has 3 amide bonds. The van der Waals surface area contributed by atoms with Crippen LogP contribution in [0.2, 0.25) is 5.02 Å². The highest BCUT2D eigenvalue weighted by molar-refractivity contribution is 6.31. The predicted molar refractivity (Wildman–Crippen MR) is 257 cm³/mol. The maximum absolute atomic E-state index is 13.8. The zero-order valence-electron chi connectivity index (χ0n) is 39.5. The quantitative estimate of drug-likeness (QED) is 0.131. The van der Waals surface area contributed by atoms with Crippen LogP contribution in [0.1, 0.15) is 106 Å². The molecule has 11 rings (SSSR count). The van der Waals surface area contributed by atoms with Crippen molar-refractivity contribution in [3.8, 4) is 22.9 Å². The molecule has 7 heterocycles. The summed E-state index contributed by atoms with van der Waals surface area (Å²) in [5, 5.41) is 43.4. The lowest BCUT2D eigenvalue weighted by Crippen LogP contribution is -2.74. The fraction of sp³-hybridized carbons (Fsp3) is 0.471. The lowest BCUT2D eigenvalue weighted by molar-refractivity contribution is -0.196. The number of fused-ring (bicyclic) bond motifs is 4. The highest BCUT2D eigenvalue weighted by Crippen LogP contribution is 2.55. The largest absolute Gasteiger partial charge is 0.489 e. The Morgan fingerprint density at radius 3 is 2.34 bits per heavy atom. The molecule has 0 spiro atoms.